The Hall–Kier alpha value is -2.82. The fourth-order valence-corrected chi connectivity index (χ4v) is 4.93. The van der Waals surface area contributed by atoms with Crippen LogP contribution in [0.1, 0.15) is 28.9 Å². The topological polar surface area (TPSA) is 103 Å². The number of sulfonamides is 1. The SMILES string of the molecule is COc1ccc(OC)c(C(C)NC(=O)c2cc(S(=O)(=O)N3CCOCC3)ccc2OC)c1. The van der Waals surface area contributed by atoms with Crippen molar-refractivity contribution < 1.29 is 32.2 Å². The first-order valence-electron chi connectivity index (χ1n) is 10.1. The fourth-order valence-electron chi connectivity index (χ4n) is 3.49. The van der Waals surface area contributed by atoms with E-state index in [-0.39, 0.29) is 29.3 Å². The van der Waals surface area contributed by atoms with Gasteiger partial charge in [-0.15, -0.1) is 0 Å². The molecule has 0 aromatic heterocycles. The van der Waals surface area contributed by atoms with Crippen molar-refractivity contribution in [1.82, 2.24) is 9.62 Å². The van der Waals surface area contributed by atoms with Crippen LogP contribution in [0.5, 0.6) is 17.2 Å². The van der Waals surface area contributed by atoms with Gasteiger partial charge in [0.2, 0.25) is 10.0 Å². The summed E-state index contributed by atoms with van der Waals surface area (Å²) in [5.74, 6) is 1.01. The molecular formula is C22H28N2O7S. The van der Waals surface area contributed by atoms with E-state index in [0.717, 1.165) is 5.56 Å². The molecule has 32 heavy (non-hydrogen) atoms. The maximum atomic E-state index is 13.1. The van der Waals surface area contributed by atoms with E-state index in [1.807, 2.05) is 0 Å². The summed E-state index contributed by atoms with van der Waals surface area (Å²) in [6.45, 7) is 3.01. The van der Waals surface area contributed by atoms with E-state index >= 15 is 0 Å². The third-order valence-corrected chi connectivity index (χ3v) is 7.17. The van der Waals surface area contributed by atoms with Gasteiger partial charge in [0.25, 0.3) is 5.91 Å². The Balaban J connectivity index is 1.90. The summed E-state index contributed by atoms with van der Waals surface area (Å²) in [7, 11) is 0.765. The third kappa shape index (κ3) is 4.98. The fraction of sp³-hybridized carbons (Fsp3) is 0.409. The van der Waals surface area contributed by atoms with Crippen molar-refractivity contribution in [2.75, 3.05) is 47.6 Å². The number of nitrogens with zero attached hydrogens (tertiary/aromatic N) is 1. The van der Waals surface area contributed by atoms with E-state index in [2.05, 4.69) is 5.32 Å². The monoisotopic (exact) mass is 464 g/mol. The first-order chi connectivity index (χ1) is 15.3. The lowest BCUT2D eigenvalue weighted by Crippen LogP contribution is -2.40. The maximum Gasteiger partial charge on any atom is 0.255 e. The van der Waals surface area contributed by atoms with Crippen LogP contribution in [0.3, 0.4) is 0 Å². The van der Waals surface area contributed by atoms with Gasteiger partial charge in [-0.1, -0.05) is 0 Å². The quantitative estimate of drug-likeness (QED) is 0.639. The highest BCUT2D eigenvalue weighted by Gasteiger charge is 2.28. The minimum atomic E-state index is -3.76. The van der Waals surface area contributed by atoms with Crippen LogP contribution in [0, 0.1) is 0 Å². The van der Waals surface area contributed by atoms with Crippen molar-refractivity contribution in [3.05, 3.63) is 47.5 Å². The molecule has 1 unspecified atom stereocenters. The van der Waals surface area contributed by atoms with Gasteiger partial charge in [0.05, 0.1) is 51.0 Å². The van der Waals surface area contributed by atoms with E-state index < -0.39 is 22.0 Å². The standard InChI is InChI=1S/C22H28N2O7S/c1-15(18-13-16(28-2)5-7-20(18)29-3)23-22(25)19-14-17(6-8-21(19)30-4)32(26,27)24-9-11-31-12-10-24/h5-8,13-15H,9-12H2,1-4H3,(H,23,25). The summed E-state index contributed by atoms with van der Waals surface area (Å²) in [5.41, 5.74) is 0.840. The second-order valence-corrected chi connectivity index (χ2v) is 9.12. The van der Waals surface area contributed by atoms with Crippen molar-refractivity contribution in [1.29, 1.82) is 0 Å². The summed E-state index contributed by atoms with van der Waals surface area (Å²) in [5, 5.41) is 2.89. The lowest BCUT2D eigenvalue weighted by molar-refractivity contribution is 0.0730. The Morgan fingerprint density at radius 2 is 1.66 bits per heavy atom. The number of ether oxygens (including phenoxy) is 4. The molecule has 0 bridgehead atoms. The number of rotatable bonds is 8. The molecule has 2 aromatic rings. The number of benzene rings is 2. The highest BCUT2D eigenvalue weighted by Crippen LogP contribution is 2.30. The Labute approximate surface area is 188 Å². The largest absolute Gasteiger partial charge is 0.497 e. The zero-order valence-corrected chi connectivity index (χ0v) is 19.4. The van der Waals surface area contributed by atoms with E-state index in [1.165, 1.54) is 29.6 Å². The number of amides is 1. The van der Waals surface area contributed by atoms with Crippen LogP contribution in [0.25, 0.3) is 0 Å². The van der Waals surface area contributed by atoms with Crippen molar-refractivity contribution in [3.63, 3.8) is 0 Å². The highest BCUT2D eigenvalue weighted by atomic mass is 32.2. The Morgan fingerprint density at radius 1 is 1.00 bits per heavy atom. The molecule has 0 aliphatic carbocycles. The zero-order valence-electron chi connectivity index (χ0n) is 18.6. The lowest BCUT2D eigenvalue weighted by atomic mass is 10.1. The van der Waals surface area contributed by atoms with Crippen molar-refractivity contribution in [2.24, 2.45) is 0 Å². The number of morpholine rings is 1. The van der Waals surface area contributed by atoms with E-state index in [0.29, 0.717) is 24.7 Å². The molecule has 1 aliphatic rings. The maximum absolute atomic E-state index is 13.1. The molecule has 1 atom stereocenters. The van der Waals surface area contributed by atoms with Gasteiger partial charge in [0, 0.05) is 18.7 Å². The molecule has 174 valence electrons. The van der Waals surface area contributed by atoms with Crippen molar-refractivity contribution in [3.8, 4) is 17.2 Å². The molecule has 1 aliphatic heterocycles. The van der Waals surface area contributed by atoms with Crippen LogP contribution in [-0.4, -0.2) is 66.3 Å². The third-order valence-electron chi connectivity index (χ3n) is 5.27. The van der Waals surface area contributed by atoms with Gasteiger partial charge in [-0.05, 0) is 43.3 Å². The first-order valence-corrected chi connectivity index (χ1v) is 11.5. The Bertz CT molecular complexity index is 1070. The normalized spacial score (nSPS) is 15.6. The molecule has 2 aromatic carbocycles. The minimum Gasteiger partial charge on any atom is -0.497 e. The number of nitrogens with one attached hydrogen (secondary N) is 1. The molecule has 1 heterocycles. The second-order valence-electron chi connectivity index (χ2n) is 7.18. The number of carbonyl (C=O) groups is 1. The van der Waals surface area contributed by atoms with Gasteiger partial charge in [-0.2, -0.15) is 4.31 Å². The van der Waals surface area contributed by atoms with E-state index in [9.17, 15) is 13.2 Å². The summed E-state index contributed by atoms with van der Waals surface area (Å²) >= 11 is 0. The zero-order chi connectivity index (χ0) is 23.3. The van der Waals surface area contributed by atoms with E-state index in [1.54, 1.807) is 39.3 Å². The van der Waals surface area contributed by atoms with E-state index in [4.69, 9.17) is 18.9 Å². The molecule has 1 amide bonds. The average molecular weight is 465 g/mol. The summed E-state index contributed by atoms with van der Waals surface area (Å²) in [4.78, 5) is 13.2. The van der Waals surface area contributed by atoms with Crippen molar-refractivity contribution in [2.45, 2.75) is 17.9 Å². The van der Waals surface area contributed by atoms with Gasteiger partial charge in [0.1, 0.15) is 17.2 Å². The number of hydrogen-bond acceptors (Lipinski definition) is 7. The summed E-state index contributed by atoms with van der Waals surface area (Å²) in [6, 6.07) is 9.12. The second kappa shape index (κ2) is 10.2. The Kier molecular flexibility index (Phi) is 7.60. The molecule has 10 heteroatoms. The van der Waals surface area contributed by atoms with Crippen molar-refractivity contribution >= 4 is 15.9 Å². The van der Waals surface area contributed by atoms with Crippen LogP contribution >= 0.6 is 0 Å². The molecule has 1 fully saturated rings. The van der Waals surface area contributed by atoms with Crippen LogP contribution in [0.15, 0.2) is 41.3 Å². The molecule has 0 radical (unpaired) electrons. The number of carbonyl (C=O) groups excluding carboxylic acids is 1. The highest BCUT2D eigenvalue weighted by molar-refractivity contribution is 7.89. The van der Waals surface area contributed by atoms with Crippen LogP contribution in [0.4, 0.5) is 0 Å². The van der Waals surface area contributed by atoms with Gasteiger partial charge >= 0.3 is 0 Å². The summed E-state index contributed by atoms with van der Waals surface area (Å²) < 4.78 is 48.6. The molecule has 1 saturated heterocycles. The first kappa shape index (κ1) is 23.8. The van der Waals surface area contributed by atoms with Crippen LogP contribution in [-0.2, 0) is 14.8 Å². The Morgan fingerprint density at radius 3 is 2.28 bits per heavy atom. The molecule has 3 rings (SSSR count). The van der Waals surface area contributed by atoms with Crippen LogP contribution < -0.4 is 19.5 Å². The molecule has 9 nitrogen and oxygen atoms in total. The lowest BCUT2D eigenvalue weighted by Gasteiger charge is -2.26. The minimum absolute atomic E-state index is 0.0250. The summed E-state index contributed by atoms with van der Waals surface area (Å²) in [6.07, 6.45) is 0. The predicted molar refractivity (Wildman–Crippen MR) is 118 cm³/mol. The van der Waals surface area contributed by atoms with Gasteiger partial charge in [-0.3, -0.25) is 4.79 Å². The smallest absolute Gasteiger partial charge is 0.255 e. The number of hydrogen-bond donors (Lipinski definition) is 1. The average Bonchev–Trinajstić information content (AvgIpc) is 2.83. The van der Waals surface area contributed by atoms with Gasteiger partial charge in [-0.25, -0.2) is 8.42 Å². The number of methoxy groups -OCH3 is 3. The predicted octanol–water partition coefficient (Wildman–Crippen LogP) is 2.22. The molecular weight excluding hydrogens is 436 g/mol. The van der Waals surface area contributed by atoms with Gasteiger partial charge < -0.3 is 24.3 Å². The van der Waals surface area contributed by atoms with Crippen LogP contribution in [0.2, 0.25) is 0 Å². The van der Waals surface area contributed by atoms with Gasteiger partial charge in [0.15, 0.2) is 0 Å². The molecule has 0 spiro atoms. The molecule has 0 saturated carbocycles. The molecule has 1 N–H and O–H groups in total.